The summed E-state index contributed by atoms with van der Waals surface area (Å²) >= 11 is 4.84. The van der Waals surface area contributed by atoms with Gasteiger partial charge in [-0.1, -0.05) is 15.9 Å². The zero-order valence-corrected chi connectivity index (χ0v) is 13.3. The Kier molecular flexibility index (Phi) is 6.94. The number of hydrogen-bond donors (Lipinski definition) is 1. The lowest BCUT2D eigenvalue weighted by molar-refractivity contribution is -0.143. The van der Waals surface area contributed by atoms with Crippen LogP contribution in [0.15, 0.2) is 27.6 Å². The maximum atomic E-state index is 11.6. The Balaban J connectivity index is 2.36. The molecular formula is C13H16BrNO3S. The summed E-state index contributed by atoms with van der Waals surface area (Å²) in [4.78, 5) is 23.7. The smallest absolute Gasteiger partial charge is 0.325 e. The highest BCUT2D eigenvalue weighted by Crippen LogP contribution is 2.24. The molecule has 0 aliphatic carbocycles. The first-order valence-corrected chi connectivity index (χ1v) is 7.62. The zero-order chi connectivity index (χ0) is 14.3. The zero-order valence-electron chi connectivity index (χ0n) is 10.9. The van der Waals surface area contributed by atoms with Gasteiger partial charge in [0.2, 0.25) is 5.91 Å². The molecule has 4 nitrogen and oxygen atoms in total. The summed E-state index contributed by atoms with van der Waals surface area (Å²) in [7, 11) is 0. The van der Waals surface area contributed by atoms with Crippen LogP contribution < -0.4 is 5.32 Å². The number of thioether (sulfide) groups is 1. The number of esters is 1. The van der Waals surface area contributed by atoms with Crippen LogP contribution in [0.3, 0.4) is 0 Å². The lowest BCUT2D eigenvalue weighted by Crippen LogP contribution is -2.31. The van der Waals surface area contributed by atoms with Gasteiger partial charge in [0.25, 0.3) is 0 Å². The van der Waals surface area contributed by atoms with Gasteiger partial charge in [0, 0.05) is 9.37 Å². The SMILES string of the molecule is CCOC(=O)CNC(=O)CSc1ccc(Br)cc1C. The number of hydrogen-bond acceptors (Lipinski definition) is 4. The van der Waals surface area contributed by atoms with Gasteiger partial charge in [-0.15, -0.1) is 11.8 Å². The molecular weight excluding hydrogens is 330 g/mol. The Labute approximate surface area is 125 Å². The summed E-state index contributed by atoms with van der Waals surface area (Å²) in [5, 5.41) is 2.52. The highest BCUT2D eigenvalue weighted by Gasteiger charge is 2.07. The van der Waals surface area contributed by atoms with Crippen molar-refractivity contribution < 1.29 is 14.3 Å². The summed E-state index contributed by atoms with van der Waals surface area (Å²) in [6.07, 6.45) is 0. The molecule has 0 saturated carbocycles. The average molecular weight is 346 g/mol. The Bertz CT molecular complexity index is 465. The number of carbonyl (C=O) groups is 2. The van der Waals surface area contributed by atoms with Crippen LogP contribution in [-0.2, 0) is 14.3 Å². The molecule has 0 fully saturated rings. The largest absolute Gasteiger partial charge is 0.465 e. The van der Waals surface area contributed by atoms with Crippen LogP contribution in [0, 0.1) is 6.92 Å². The molecule has 1 aromatic carbocycles. The van der Waals surface area contributed by atoms with E-state index in [1.165, 1.54) is 11.8 Å². The van der Waals surface area contributed by atoms with Crippen LogP contribution in [-0.4, -0.2) is 30.8 Å². The Morgan fingerprint density at radius 3 is 2.79 bits per heavy atom. The van der Waals surface area contributed by atoms with Gasteiger partial charge >= 0.3 is 5.97 Å². The van der Waals surface area contributed by atoms with Crippen molar-refractivity contribution in [2.24, 2.45) is 0 Å². The fourth-order valence-corrected chi connectivity index (χ4v) is 2.67. The summed E-state index contributed by atoms with van der Waals surface area (Å²) in [6.45, 7) is 3.96. The van der Waals surface area contributed by atoms with Gasteiger partial charge in [-0.2, -0.15) is 0 Å². The fourth-order valence-electron chi connectivity index (χ4n) is 1.35. The van der Waals surface area contributed by atoms with Crippen molar-refractivity contribution in [3.63, 3.8) is 0 Å². The van der Waals surface area contributed by atoms with Crippen molar-refractivity contribution in [2.45, 2.75) is 18.7 Å². The van der Waals surface area contributed by atoms with E-state index in [0.29, 0.717) is 6.61 Å². The molecule has 1 amide bonds. The number of ether oxygens (including phenoxy) is 1. The van der Waals surface area contributed by atoms with E-state index in [9.17, 15) is 9.59 Å². The summed E-state index contributed by atoms with van der Waals surface area (Å²) in [6, 6.07) is 5.90. The minimum atomic E-state index is -0.416. The van der Waals surface area contributed by atoms with Crippen LogP contribution in [0.2, 0.25) is 0 Å². The van der Waals surface area contributed by atoms with Crippen molar-refractivity contribution in [3.8, 4) is 0 Å². The molecule has 0 heterocycles. The van der Waals surface area contributed by atoms with Crippen molar-refractivity contribution in [2.75, 3.05) is 18.9 Å². The lowest BCUT2D eigenvalue weighted by atomic mass is 10.2. The number of halogens is 1. The molecule has 0 saturated heterocycles. The van der Waals surface area contributed by atoms with E-state index in [1.54, 1.807) is 6.92 Å². The first-order chi connectivity index (χ1) is 9.02. The average Bonchev–Trinajstić information content (AvgIpc) is 2.35. The molecule has 0 aliphatic heterocycles. The molecule has 0 aliphatic rings. The second-order valence-corrected chi connectivity index (χ2v) is 5.71. The molecule has 0 atom stereocenters. The molecule has 1 aromatic rings. The minimum Gasteiger partial charge on any atom is -0.465 e. The predicted octanol–water partition coefficient (Wildman–Crippen LogP) is 2.53. The number of nitrogens with one attached hydrogen (secondary N) is 1. The van der Waals surface area contributed by atoms with Crippen LogP contribution in [0.1, 0.15) is 12.5 Å². The molecule has 0 spiro atoms. The normalized spacial score (nSPS) is 10.1. The van der Waals surface area contributed by atoms with E-state index in [1.807, 2.05) is 25.1 Å². The quantitative estimate of drug-likeness (QED) is 0.635. The van der Waals surface area contributed by atoms with Crippen LogP contribution >= 0.6 is 27.7 Å². The highest BCUT2D eigenvalue weighted by atomic mass is 79.9. The van der Waals surface area contributed by atoms with E-state index in [-0.39, 0.29) is 18.2 Å². The van der Waals surface area contributed by atoms with Gasteiger partial charge in [0.05, 0.1) is 12.4 Å². The van der Waals surface area contributed by atoms with E-state index >= 15 is 0 Å². The molecule has 0 bridgehead atoms. The fraction of sp³-hybridized carbons (Fsp3) is 0.385. The second kappa shape index (κ2) is 8.22. The van der Waals surface area contributed by atoms with Gasteiger partial charge in [0.15, 0.2) is 0 Å². The third-order valence-corrected chi connectivity index (χ3v) is 3.90. The van der Waals surface area contributed by atoms with Gasteiger partial charge in [-0.05, 0) is 37.6 Å². The van der Waals surface area contributed by atoms with Crippen molar-refractivity contribution >= 4 is 39.6 Å². The lowest BCUT2D eigenvalue weighted by Gasteiger charge is -2.07. The summed E-state index contributed by atoms with van der Waals surface area (Å²) < 4.78 is 5.74. The number of carbonyl (C=O) groups excluding carboxylic acids is 2. The minimum absolute atomic E-state index is 0.0768. The van der Waals surface area contributed by atoms with E-state index in [4.69, 9.17) is 4.74 Å². The van der Waals surface area contributed by atoms with Gasteiger partial charge in [0.1, 0.15) is 6.54 Å². The van der Waals surface area contributed by atoms with E-state index in [0.717, 1.165) is 14.9 Å². The van der Waals surface area contributed by atoms with Crippen LogP contribution in [0.4, 0.5) is 0 Å². The first kappa shape index (κ1) is 16.0. The van der Waals surface area contributed by atoms with Gasteiger partial charge in [-0.25, -0.2) is 0 Å². The second-order valence-electron chi connectivity index (χ2n) is 3.78. The van der Waals surface area contributed by atoms with Crippen molar-refractivity contribution in [3.05, 3.63) is 28.2 Å². The Morgan fingerprint density at radius 2 is 2.16 bits per heavy atom. The molecule has 0 radical (unpaired) electrons. The monoisotopic (exact) mass is 345 g/mol. The molecule has 1 rings (SSSR count). The van der Waals surface area contributed by atoms with Crippen LogP contribution in [0.5, 0.6) is 0 Å². The Morgan fingerprint density at radius 1 is 1.42 bits per heavy atom. The number of benzene rings is 1. The van der Waals surface area contributed by atoms with Crippen molar-refractivity contribution in [1.29, 1.82) is 0 Å². The molecule has 0 aromatic heterocycles. The maximum Gasteiger partial charge on any atom is 0.325 e. The van der Waals surface area contributed by atoms with Crippen LogP contribution in [0.25, 0.3) is 0 Å². The molecule has 104 valence electrons. The standard InChI is InChI=1S/C13H16BrNO3S/c1-3-18-13(17)7-15-12(16)8-19-11-5-4-10(14)6-9(11)2/h4-6H,3,7-8H2,1-2H3,(H,15,16). The van der Waals surface area contributed by atoms with E-state index < -0.39 is 5.97 Å². The molecule has 1 N–H and O–H groups in total. The van der Waals surface area contributed by atoms with E-state index in [2.05, 4.69) is 21.2 Å². The number of rotatable bonds is 6. The molecule has 19 heavy (non-hydrogen) atoms. The highest BCUT2D eigenvalue weighted by molar-refractivity contribution is 9.10. The summed E-state index contributed by atoms with van der Waals surface area (Å²) in [5.74, 6) is -0.317. The van der Waals surface area contributed by atoms with Gasteiger partial charge < -0.3 is 10.1 Å². The molecule has 6 heteroatoms. The predicted molar refractivity (Wildman–Crippen MR) is 79.2 cm³/mol. The van der Waals surface area contributed by atoms with Crippen molar-refractivity contribution in [1.82, 2.24) is 5.32 Å². The topological polar surface area (TPSA) is 55.4 Å². The number of amides is 1. The third kappa shape index (κ3) is 6.11. The maximum absolute atomic E-state index is 11.6. The molecule has 0 unspecified atom stereocenters. The summed E-state index contributed by atoms with van der Waals surface area (Å²) in [5.41, 5.74) is 1.11. The van der Waals surface area contributed by atoms with Gasteiger partial charge in [-0.3, -0.25) is 9.59 Å². The third-order valence-electron chi connectivity index (χ3n) is 2.23. The first-order valence-electron chi connectivity index (χ1n) is 5.84. The number of aryl methyl sites for hydroxylation is 1. The Hall–Kier alpha value is -1.01.